The van der Waals surface area contributed by atoms with Crippen molar-refractivity contribution in [3.05, 3.63) is 29.8 Å². The molecular weight excluding hydrogens is 271 g/mol. The second-order valence-corrected chi connectivity index (χ2v) is 5.04. The van der Waals surface area contributed by atoms with E-state index in [1.54, 1.807) is 12.1 Å². The molecule has 0 aliphatic rings. The maximum absolute atomic E-state index is 12.0. The predicted octanol–water partition coefficient (Wildman–Crippen LogP) is 3.25. The monoisotopic (exact) mass is 291 g/mol. The molecule has 20 heavy (non-hydrogen) atoms. The van der Waals surface area contributed by atoms with Gasteiger partial charge in [0.15, 0.2) is 0 Å². The van der Waals surface area contributed by atoms with Crippen LogP contribution >= 0.6 is 0 Å². The highest BCUT2D eigenvalue weighted by molar-refractivity contribution is 5.29. The first-order chi connectivity index (χ1) is 9.23. The molecule has 0 radical (unpaired) electrons. The first-order valence-corrected chi connectivity index (χ1v) is 6.45. The van der Waals surface area contributed by atoms with Gasteiger partial charge in [-0.1, -0.05) is 26.0 Å². The Bertz CT molecular complexity index is 404. The zero-order valence-electron chi connectivity index (χ0n) is 11.7. The van der Waals surface area contributed by atoms with Crippen molar-refractivity contribution in [2.45, 2.75) is 39.2 Å². The van der Waals surface area contributed by atoms with E-state index in [2.05, 4.69) is 10.1 Å². The van der Waals surface area contributed by atoms with Gasteiger partial charge in [-0.25, -0.2) is 0 Å². The van der Waals surface area contributed by atoms with E-state index in [9.17, 15) is 18.3 Å². The van der Waals surface area contributed by atoms with Gasteiger partial charge in [0, 0.05) is 12.1 Å². The summed E-state index contributed by atoms with van der Waals surface area (Å²) in [7, 11) is 0. The number of ether oxygens (including phenoxy) is 1. The molecule has 2 unspecified atom stereocenters. The van der Waals surface area contributed by atoms with Crippen molar-refractivity contribution in [3.8, 4) is 5.75 Å². The number of halogens is 3. The number of alkyl halides is 3. The summed E-state index contributed by atoms with van der Waals surface area (Å²) in [5.41, 5.74) is 0.832. The molecule has 0 fully saturated rings. The van der Waals surface area contributed by atoms with Gasteiger partial charge in [0.25, 0.3) is 0 Å². The fourth-order valence-electron chi connectivity index (χ4n) is 1.83. The Balaban J connectivity index is 2.68. The molecule has 0 bridgehead atoms. The molecule has 2 atom stereocenters. The molecule has 1 rings (SSSR count). The summed E-state index contributed by atoms with van der Waals surface area (Å²) in [6.45, 7) is 5.88. The van der Waals surface area contributed by atoms with Gasteiger partial charge in [-0.15, -0.1) is 13.2 Å². The molecular formula is C14H20F3NO2. The molecule has 2 N–H and O–H groups in total. The number of hydrogen-bond donors (Lipinski definition) is 2. The second kappa shape index (κ2) is 6.95. The van der Waals surface area contributed by atoms with Crippen LogP contribution in [0.4, 0.5) is 13.2 Å². The van der Waals surface area contributed by atoms with E-state index in [0.717, 1.165) is 5.56 Å². The predicted molar refractivity (Wildman–Crippen MR) is 70.4 cm³/mol. The molecule has 1 aromatic rings. The van der Waals surface area contributed by atoms with Gasteiger partial charge < -0.3 is 15.2 Å². The molecule has 0 heterocycles. The summed E-state index contributed by atoms with van der Waals surface area (Å²) in [6, 6.07) is 5.58. The van der Waals surface area contributed by atoms with Gasteiger partial charge in [-0.3, -0.25) is 0 Å². The zero-order valence-corrected chi connectivity index (χ0v) is 11.7. The van der Waals surface area contributed by atoms with Crippen LogP contribution in [0.3, 0.4) is 0 Å². The average molecular weight is 291 g/mol. The summed E-state index contributed by atoms with van der Waals surface area (Å²) in [5.74, 6) is 0.0197. The molecule has 0 saturated heterocycles. The third kappa shape index (κ3) is 5.38. The van der Waals surface area contributed by atoms with Crippen LogP contribution in [0.1, 0.15) is 32.4 Å². The fraction of sp³-hybridized carbons (Fsp3) is 0.571. The van der Waals surface area contributed by atoms with E-state index in [1.807, 2.05) is 20.8 Å². The van der Waals surface area contributed by atoms with Gasteiger partial charge in [0.1, 0.15) is 5.75 Å². The minimum atomic E-state index is -4.68. The highest BCUT2D eigenvalue weighted by atomic mass is 19.4. The molecule has 3 nitrogen and oxygen atoms in total. The Labute approximate surface area is 116 Å². The Morgan fingerprint density at radius 2 is 1.70 bits per heavy atom. The highest BCUT2D eigenvalue weighted by Gasteiger charge is 2.31. The molecule has 114 valence electrons. The fourth-order valence-corrected chi connectivity index (χ4v) is 1.83. The van der Waals surface area contributed by atoms with Crippen LogP contribution in [0.5, 0.6) is 5.75 Å². The summed E-state index contributed by atoms with van der Waals surface area (Å²) < 4.78 is 40.0. The first kappa shape index (κ1) is 16.8. The van der Waals surface area contributed by atoms with E-state index in [4.69, 9.17) is 0 Å². The lowest BCUT2D eigenvalue weighted by Crippen LogP contribution is -2.38. The highest BCUT2D eigenvalue weighted by Crippen LogP contribution is 2.24. The van der Waals surface area contributed by atoms with Gasteiger partial charge in [0.05, 0.1) is 6.61 Å². The van der Waals surface area contributed by atoms with Gasteiger partial charge >= 0.3 is 6.36 Å². The van der Waals surface area contributed by atoms with E-state index >= 15 is 0 Å². The van der Waals surface area contributed by atoms with E-state index < -0.39 is 6.36 Å². The summed E-state index contributed by atoms with van der Waals surface area (Å²) in [6.07, 6.45) is -4.68. The third-order valence-electron chi connectivity index (χ3n) is 3.08. The minimum absolute atomic E-state index is 0.0112. The number of hydrogen-bond acceptors (Lipinski definition) is 3. The van der Waals surface area contributed by atoms with Crippen molar-refractivity contribution in [1.29, 1.82) is 0 Å². The maximum atomic E-state index is 12.0. The van der Waals surface area contributed by atoms with Crippen molar-refractivity contribution in [2.24, 2.45) is 5.92 Å². The number of aliphatic hydroxyl groups excluding tert-OH is 1. The second-order valence-electron chi connectivity index (χ2n) is 5.04. The van der Waals surface area contributed by atoms with Crippen molar-refractivity contribution < 1.29 is 23.0 Å². The van der Waals surface area contributed by atoms with E-state index in [0.29, 0.717) is 0 Å². The summed E-state index contributed by atoms with van der Waals surface area (Å²) >= 11 is 0. The standard InChI is InChI=1S/C14H20F3NO2/c1-9(2)13(8-19)18-10(3)11-4-6-12(7-5-11)20-14(15,16)17/h4-7,9-10,13,18-19H,8H2,1-3H3. The van der Waals surface area contributed by atoms with Crippen molar-refractivity contribution >= 4 is 0 Å². The molecule has 0 aliphatic heterocycles. The molecule has 1 aromatic carbocycles. The lowest BCUT2D eigenvalue weighted by molar-refractivity contribution is -0.274. The van der Waals surface area contributed by atoms with Gasteiger partial charge in [0.2, 0.25) is 0 Å². The largest absolute Gasteiger partial charge is 0.573 e. The molecule has 0 amide bonds. The number of aliphatic hydroxyl groups is 1. The minimum Gasteiger partial charge on any atom is -0.406 e. The van der Waals surface area contributed by atoms with Crippen LogP contribution in [0.15, 0.2) is 24.3 Å². The van der Waals surface area contributed by atoms with Crippen LogP contribution in [0, 0.1) is 5.92 Å². The maximum Gasteiger partial charge on any atom is 0.573 e. The number of benzene rings is 1. The lowest BCUT2D eigenvalue weighted by atomic mass is 10.0. The zero-order chi connectivity index (χ0) is 15.3. The van der Waals surface area contributed by atoms with Crippen LogP contribution in [0.25, 0.3) is 0 Å². The smallest absolute Gasteiger partial charge is 0.406 e. The topological polar surface area (TPSA) is 41.5 Å². The summed E-state index contributed by atoms with van der Waals surface area (Å²) in [5, 5.41) is 12.5. The van der Waals surface area contributed by atoms with Crippen LogP contribution < -0.4 is 10.1 Å². The number of rotatable bonds is 6. The van der Waals surface area contributed by atoms with Crippen LogP contribution in [-0.2, 0) is 0 Å². The lowest BCUT2D eigenvalue weighted by Gasteiger charge is -2.25. The Morgan fingerprint density at radius 1 is 1.15 bits per heavy atom. The Hall–Kier alpha value is -1.27. The molecule has 6 heteroatoms. The average Bonchev–Trinajstić information content (AvgIpc) is 2.34. The summed E-state index contributed by atoms with van der Waals surface area (Å²) in [4.78, 5) is 0. The number of nitrogens with one attached hydrogen (secondary N) is 1. The van der Waals surface area contributed by atoms with Crippen molar-refractivity contribution in [2.75, 3.05) is 6.61 Å². The Morgan fingerprint density at radius 3 is 2.10 bits per heavy atom. The van der Waals surface area contributed by atoms with Gasteiger partial charge in [-0.05, 0) is 30.5 Å². The normalized spacial score (nSPS) is 15.2. The SMILES string of the molecule is CC(NC(CO)C(C)C)c1ccc(OC(F)(F)F)cc1. The Kier molecular flexibility index (Phi) is 5.83. The molecule has 0 aliphatic carbocycles. The molecule has 0 saturated carbocycles. The molecule has 0 spiro atoms. The van der Waals surface area contributed by atoms with Crippen molar-refractivity contribution in [1.82, 2.24) is 5.32 Å². The first-order valence-electron chi connectivity index (χ1n) is 6.45. The van der Waals surface area contributed by atoms with E-state index in [-0.39, 0.29) is 30.4 Å². The quantitative estimate of drug-likeness (QED) is 0.845. The van der Waals surface area contributed by atoms with Crippen LogP contribution in [0.2, 0.25) is 0 Å². The molecule has 0 aromatic heterocycles. The van der Waals surface area contributed by atoms with Crippen molar-refractivity contribution in [3.63, 3.8) is 0 Å². The third-order valence-corrected chi connectivity index (χ3v) is 3.08. The van der Waals surface area contributed by atoms with Crippen LogP contribution in [-0.4, -0.2) is 24.1 Å². The van der Waals surface area contributed by atoms with E-state index in [1.165, 1.54) is 12.1 Å². The van der Waals surface area contributed by atoms with Gasteiger partial charge in [-0.2, -0.15) is 0 Å².